The van der Waals surface area contributed by atoms with E-state index in [0.717, 1.165) is 56.7 Å². The number of aldehydes is 2. The van der Waals surface area contributed by atoms with Crippen LogP contribution in [0.15, 0.2) is 52.8 Å². The second-order valence-corrected chi connectivity index (χ2v) is 11.6. The number of nitrogens with zero attached hydrogens (tertiary/aromatic N) is 2. The molecule has 0 bridgehead atoms. The molecule has 1 saturated carbocycles. The van der Waals surface area contributed by atoms with Gasteiger partial charge in [-0.05, 0) is 101 Å². The molecule has 1 atom stereocenters. The van der Waals surface area contributed by atoms with Crippen LogP contribution in [0.3, 0.4) is 0 Å². The van der Waals surface area contributed by atoms with Gasteiger partial charge in [-0.1, -0.05) is 65.0 Å². The van der Waals surface area contributed by atoms with Gasteiger partial charge in [0, 0.05) is 23.7 Å². The zero-order valence-corrected chi connectivity index (χ0v) is 27.5. The molecule has 1 aromatic rings. The number of allylic oxidation sites excluding steroid dienone is 4. The van der Waals surface area contributed by atoms with Crippen LogP contribution in [0.5, 0.6) is 0 Å². The van der Waals surface area contributed by atoms with Gasteiger partial charge < -0.3 is 10.5 Å². The molecule has 0 heterocycles. The Morgan fingerprint density at radius 2 is 1.68 bits per heavy atom. The van der Waals surface area contributed by atoms with Gasteiger partial charge >= 0.3 is 0 Å². The van der Waals surface area contributed by atoms with Gasteiger partial charge in [0.25, 0.3) is 0 Å². The summed E-state index contributed by atoms with van der Waals surface area (Å²) in [4.78, 5) is 27.7. The molecule has 7 heteroatoms. The summed E-state index contributed by atoms with van der Waals surface area (Å²) in [6, 6.07) is 8.15. The molecule has 0 saturated heterocycles. The van der Waals surface area contributed by atoms with Crippen molar-refractivity contribution in [3.8, 4) is 0 Å². The lowest BCUT2D eigenvalue weighted by molar-refractivity contribution is -0.106. The van der Waals surface area contributed by atoms with Crippen molar-refractivity contribution in [2.75, 3.05) is 20.0 Å². The fourth-order valence-corrected chi connectivity index (χ4v) is 5.40. The van der Waals surface area contributed by atoms with Gasteiger partial charge in [-0.3, -0.25) is 14.7 Å². The Balaban J connectivity index is 0.00000299. The molecule has 2 N–H and O–H groups in total. The van der Waals surface area contributed by atoms with E-state index < -0.39 is 0 Å². The van der Waals surface area contributed by atoms with Crippen molar-refractivity contribution in [2.45, 2.75) is 98.2 Å². The van der Waals surface area contributed by atoms with Gasteiger partial charge in [-0.15, -0.1) is 11.6 Å². The van der Waals surface area contributed by atoms with Crippen LogP contribution < -0.4 is 5.73 Å². The summed E-state index contributed by atoms with van der Waals surface area (Å²) in [5.41, 5.74) is 6.74. The van der Waals surface area contributed by atoms with Crippen LogP contribution >= 0.6 is 11.6 Å². The molecule has 1 aromatic carbocycles. The molecule has 1 aliphatic rings. The zero-order valence-electron chi connectivity index (χ0n) is 26.7. The lowest BCUT2D eigenvalue weighted by Gasteiger charge is -2.48. The summed E-state index contributed by atoms with van der Waals surface area (Å²) < 4.78 is 14.1. The maximum atomic E-state index is 14.1. The van der Waals surface area contributed by atoms with Gasteiger partial charge in [0.2, 0.25) is 0 Å². The van der Waals surface area contributed by atoms with Crippen LogP contribution in [0.2, 0.25) is 0 Å². The van der Waals surface area contributed by atoms with Crippen LogP contribution in [0.4, 0.5) is 4.39 Å². The fraction of sp³-hybridized carbons (Fsp3) is 0.618. The molecule has 0 unspecified atom stereocenters. The van der Waals surface area contributed by atoms with Crippen molar-refractivity contribution >= 4 is 30.4 Å². The second kappa shape index (κ2) is 21.5. The molecule has 5 nitrogen and oxygen atoms in total. The van der Waals surface area contributed by atoms with E-state index in [1.54, 1.807) is 13.0 Å². The van der Waals surface area contributed by atoms with Crippen LogP contribution in [-0.2, 0) is 4.79 Å². The van der Waals surface area contributed by atoms with Gasteiger partial charge in [-0.2, -0.15) is 0 Å². The highest BCUT2D eigenvalue weighted by Crippen LogP contribution is 2.44. The summed E-state index contributed by atoms with van der Waals surface area (Å²) >= 11 is 6.00. The molecule has 2 rings (SSSR count). The van der Waals surface area contributed by atoms with Crippen molar-refractivity contribution in [1.82, 2.24) is 4.90 Å². The highest BCUT2D eigenvalue weighted by molar-refractivity contribution is 6.19. The monoisotopic (exact) mass is 591 g/mol. The molecule has 0 radical (unpaired) electrons. The van der Waals surface area contributed by atoms with E-state index in [2.05, 4.69) is 57.5 Å². The van der Waals surface area contributed by atoms with E-state index in [1.807, 2.05) is 24.4 Å². The molecule has 0 amide bonds. The fourth-order valence-electron chi connectivity index (χ4n) is 5.22. The number of nitrogens with two attached hydrogens (primary N) is 1. The highest BCUT2D eigenvalue weighted by Gasteiger charge is 2.41. The number of benzene rings is 1. The van der Waals surface area contributed by atoms with E-state index in [0.29, 0.717) is 35.6 Å². The van der Waals surface area contributed by atoms with E-state index in [1.165, 1.54) is 19.5 Å². The van der Waals surface area contributed by atoms with E-state index >= 15 is 0 Å². The number of alkyl halides is 1. The maximum Gasteiger partial charge on any atom is 0.150 e. The average Bonchev–Trinajstić information content (AvgIpc) is 2.97. The minimum Gasteiger partial charge on any atom is -0.333 e. The van der Waals surface area contributed by atoms with Gasteiger partial charge in [0.1, 0.15) is 24.1 Å². The topological polar surface area (TPSA) is 75.8 Å². The first kappa shape index (κ1) is 38.9. The smallest absolute Gasteiger partial charge is 0.150 e. The van der Waals surface area contributed by atoms with Crippen LogP contribution in [0.25, 0.3) is 0 Å². The quantitative estimate of drug-likeness (QED) is 0.108. The highest BCUT2D eigenvalue weighted by atomic mass is 35.5. The van der Waals surface area contributed by atoms with Crippen molar-refractivity contribution < 1.29 is 14.0 Å². The predicted molar refractivity (Wildman–Crippen MR) is 175 cm³/mol. The number of carbonyl (C=O) groups excluding carboxylic acids is 2. The van der Waals surface area contributed by atoms with Crippen molar-refractivity contribution in [3.63, 3.8) is 0 Å². The lowest BCUT2D eigenvalue weighted by atomic mass is 9.75. The molecule has 232 valence electrons. The SMILES string of the molecule is CC=O.CC\C(F)=C/C(/C=N/C1(N(C)[C@H](CCC(C)C)c2ccc(C=O)cc2)CCC(C(C)C)CC1)=C\CCl.CN. The second-order valence-electron chi connectivity index (χ2n) is 11.2. The summed E-state index contributed by atoms with van der Waals surface area (Å²) in [6.45, 7) is 12.4. The minimum atomic E-state index is -0.377. The predicted octanol–water partition coefficient (Wildman–Crippen LogP) is 8.73. The zero-order chi connectivity index (χ0) is 31.4. The largest absolute Gasteiger partial charge is 0.333 e. The third-order valence-electron chi connectivity index (χ3n) is 7.80. The summed E-state index contributed by atoms with van der Waals surface area (Å²) in [7, 11) is 3.69. The van der Waals surface area contributed by atoms with Gasteiger partial charge in [0.15, 0.2) is 0 Å². The maximum absolute atomic E-state index is 14.1. The van der Waals surface area contributed by atoms with Crippen LogP contribution in [0, 0.1) is 17.8 Å². The first-order valence-corrected chi connectivity index (χ1v) is 15.5. The lowest BCUT2D eigenvalue weighted by Crippen LogP contribution is -2.49. The minimum absolute atomic E-state index is 0.171. The third-order valence-corrected chi connectivity index (χ3v) is 7.95. The molecule has 41 heavy (non-hydrogen) atoms. The van der Waals surface area contributed by atoms with Crippen molar-refractivity contribution in [3.05, 3.63) is 58.9 Å². The van der Waals surface area contributed by atoms with Crippen molar-refractivity contribution in [1.29, 1.82) is 0 Å². The average molecular weight is 592 g/mol. The Morgan fingerprint density at radius 1 is 1.12 bits per heavy atom. The number of hydrogen-bond donors (Lipinski definition) is 1. The number of rotatable bonds is 13. The molecule has 1 aliphatic carbocycles. The normalized spacial score (nSPS) is 20.4. The molecular weight excluding hydrogens is 537 g/mol. The first-order valence-electron chi connectivity index (χ1n) is 15.0. The van der Waals surface area contributed by atoms with E-state index in [-0.39, 0.29) is 17.5 Å². The van der Waals surface area contributed by atoms with E-state index in [9.17, 15) is 9.18 Å². The Bertz CT molecular complexity index is 949. The Morgan fingerprint density at radius 3 is 2.12 bits per heavy atom. The first-order chi connectivity index (χ1) is 19.6. The summed E-state index contributed by atoms with van der Waals surface area (Å²) in [5, 5.41) is 0. The summed E-state index contributed by atoms with van der Waals surface area (Å²) in [5.74, 6) is 2.07. The Hall–Kier alpha value is -2.15. The van der Waals surface area contributed by atoms with Gasteiger partial charge in [-0.25, -0.2) is 4.39 Å². The Labute approximate surface area is 254 Å². The molecule has 0 aliphatic heterocycles. The molecular formula is C34H55ClFN3O2. The van der Waals surface area contributed by atoms with Crippen LogP contribution in [-0.4, -0.2) is 49.3 Å². The molecule has 0 aromatic heterocycles. The van der Waals surface area contributed by atoms with Crippen molar-refractivity contribution in [2.24, 2.45) is 28.5 Å². The molecule has 1 fully saturated rings. The number of halogens is 2. The third kappa shape index (κ3) is 13.6. The standard InChI is InChI=1S/C31H46ClFN2O.C2H4O.CH5N/c1-7-29(33)20-26(16-19-32)21-34-31(17-14-27(15-18-31)24(4)5)35(6)30(13-8-23(2)3)28-11-9-25(22-36)10-12-28;1-2-3;1-2/h9-12,16,20-24,27,30H,7-8,13-15,17-19H2,1-6H3;2H,1H3;2H2,1H3/b26-16+,29-20+,34-21+;;/t27?,30-,31?;;/m1../s1. The number of carbonyl (C=O) groups is 2. The summed E-state index contributed by atoms with van der Waals surface area (Å²) in [6.07, 6.45) is 13.5. The van der Waals surface area contributed by atoms with Crippen LogP contribution in [0.1, 0.15) is 108 Å². The Kier molecular flexibility index (Phi) is 20.4. The number of hydrogen-bond acceptors (Lipinski definition) is 5. The van der Waals surface area contributed by atoms with E-state index in [4.69, 9.17) is 21.4 Å². The van der Waals surface area contributed by atoms with Gasteiger partial charge in [0.05, 0.1) is 0 Å². The molecule has 0 spiro atoms. The number of aliphatic imine (C=N–C) groups is 1.